The highest BCUT2D eigenvalue weighted by molar-refractivity contribution is 7.99. The van der Waals surface area contributed by atoms with E-state index in [1.807, 2.05) is 0 Å². The molecule has 0 radical (unpaired) electrons. The lowest BCUT2D eigenvalue weighted by Crippen LogP contribution is -2.06. The number of aromatic carboxylic acids is 2. The zero-order valence-corrected chi connectivity index (χ0v) is 45.7. The van der Waals surface area contributed by atoms with E-state index in [1.54, 1.807) is 0 Å². The standard InChI is InChI=1S/C62H106O6S/c1-3-5-7-9-11-13-15-17-19-21-23-25-27-29-31-33-35-37-39-41-43-45-47-53-55(61(65)66)49-51-57(63)59(53)69-60-54(56(62(67)68)50-52-58(60)64)48-46-44-42-40-38-36-34-32-30-28-26-24-22-20-18-16-14-12-10-8-6-4-2/h49-52,63-64H,3-48H2,1-2H3,(H,65,66)(H,67,68). The lowest BCUT2D eigenvalue weighted by molar-refractivity contribution is 0.0684. The summed E-state index contributed by atoms with van der Waals surface area (Å²) >= 11 is 1.11. The molecule has 0 bridgehead atoms. The Balaban J connectivity index is 1.67. The largest absolute Gasteiger partial charge is 0.507 e. The molecule has 7 heteroatoms. The maximum atomic E-state index is 12.4. The van der Waals surface area contributed by atoms with Gasteiger partial charge in [0.05, 0.1) is 20.9 Å². The summed E-state index contributed by atoms with van der Waals surface area (Å²) in [6.45, 7) is 4.57. The van der Waals surface area contributed by atoms with Crippen molar-refractivity contribution in [1.29, 1.82) is 0 Å². The number of unbranched alkanes of at least 4 members (excludes halogenated alkanes) is 42. The van der Waals surface area contributed by atoms with Gasteiger partial charge in [0.2, 0.25) is 0 Å². The van der Waals surface area contributed by atoms with Crippen LogP contribution in [0.5, 0.6) is 11.5 Å². The van der Waals surface area contributed by atoms with E-state index in [4.69, 9.17) is 0 Å². The van der Waals surface area contributed by atoms with Crippen molar-refractivity contribution in [1.82, 2.24) is 0 Å². The number of hydrogen-bond donors (Lipinski definition) is 4. The molecule has 0 saturated heterocycles. The van der Waals surface area contributed by atoms with Crippen LogP contribution in [0.1, 0.15) is 328 Å². The fourth-order valence-corrected chi connectivity index (χ4v) is 11.5. The van der Waals surface area contributed by atoms with Crippen molar-refractivity contribution < 1.29 is 30.0 Å². The third-order valence-corrected chi connectivity index (χ3v) is 16.0. The van der Waals surface area contributed by atoms with Gasteiger partial charge in [0.25, 0.3) is 0 Å². The molecule has 4 N–H and O–H groups in total. The quantitative estimate of drug-likeness (QED) is 0.0488. The van der Waals surface area contributed by atoms with Crippen molar-refractivity contribution >= 4 is 23.7 Å². The van der Waals surface area contributed by atoms with Gasteiger partial charge < -0.3 is 20.4 Å². The molecule has 0 fully saturated rings. The van der Waals surface area contributed by atoms with Crippen LogP contribution in [0, 0.1) is 0 Å². The van der Waals surface area contributed by atoms with Crippen LogP contribution in [0.3, 0.4) is 0 Å². The molecular weight excluding hydrogens is 873 g/mol. The molecule has 69 heavy (non-hydrogen) atoms. The van der Waals surface area contributed by atoms with Crippen LogP contribution in [-0.4, -0.2) is 32.4 Å². The van der Waals surface area contributed by atoms with Crippen LogP contribution in [0.15, 0.2) is 34.1 Å². The van der Waals surface area contributed by atoms with Crippen molar-refractivity contribution in [2.45, 2.75) is 319 Å². The van der Waals surface area contributed by atoms with E-state index in [1.165, 1.54) is 268 Å². The molecule has 6 nitrogen and oxygen atoms in total. The average Bonchev–Trinajstić information content (AvgIpc) is 3.33. The Morgan fingerprint density at radius 3 is 0.696 bits per heavy atom. The van der Waals surface area contributed by atoms with Gasteiger partial charge in [-0.25, -0.2) is 9.59 Å². The molecule has 0 heterocycles. The second-order valence-electron chi connectivity index (χ2n) is 20.9. The average molecular weight is 980 g/mol. The summed E-state index contributed by atoms with van der Waals surface area (Å²) in [6.07, 6.45) is 58.6. The van der Waals surface area contributed by atoms with E-state index >= 15 is 0 Å². The first-order chi connectivity index (χ1) is 33.8. The number of carbonyl (C=O) groups is 2. The first kappa shape index (κ1) is 62.4. The Bertz CT molecular complexity index is 1440. The van der Waals surface area contributed by atoms with E-state index in [9.17, 15) is 30.0 Å². The monoisotopic (exact) mass is 979 g/mol. The van der Waals surface area contributed by atoms with Gasteiger partial charge in [-0.1, -0.05) is 295 Å². The van der Waals surface area contributed by atoms with Crippen LogP contribution in [0.4, 0.5) is 0 Å². The minimum Gasteiger partial charge on any atom is -0.507 e. The third kappa shape index (κ3) is 31.4. The number of benzene rings is 2. The number of phenols is 2. The van der Waals surface area contributed by atoms with Crippen LogP contribution in [0.25, 0.3) is 0 Å². The predicted octanol–water partition coefficient (Wildman–Crippen LogP) is 20.9. The normalized spacial score (nSPS) is 11.5. The maximum Gasteiger partial charge on any atom is 0.336 e. The summed E-state index contributed by atoms with van der Waals surface area (Å²) in [5, 5.41) is 42.6. The first-order valence-electron chi connectivity index (χ1n) is 29.7. The Morgan fingerprint density at radius 2 is 0.507 bits per heavy atom. The molecule has 0 spiro atoms. The molecule has 0 aliphatic carbocycles. The molecule has 0 amide bonds. The zero-order valence-electron chi connectivity index (χ0n) is 44.8. The number of phenolic OH excluding ortho intramolecular Hbond substituents is 2. The van der Waals surface area contributed by atoms with Crippen molar-refractivity contribution in [3.8, 4) is 11.5 Å². The fraction of sp³-hybridized carbons (Fsp3) is 0.774. The summed E-state index contributed by atoms with van der Waals surface area (Å²) in [5.41, 5.74) is 1.40. The highest BCUT2D eigenvalue weighted by Gasteiger charge is 2.24. The van der Waals surface area contributed by atoms with E-state index < -0.39 is 11.9 Å². The van der Waals surface area contributed by atoms with Crippen molar-refractivity contribution in [2.75, 3.05) is 0 Å². The molecule has 396 valence electrons. The van der Waals surface area contributed by atoms with Gasteiger partial charge in [0, 0.05) is 0 Å². The molecule has 0 aliphatic heterocycles. The Morgan fingerprint density at radius 1 is 0.319 bits per heavy atom. The topological polar surface area (TPSA) is 115 Å². The molecule has 2 aromatic carbocycles. The van der Waals surface area contributed by atoms with Crippen molar-refractivity contribution in [2.24, 2.45) is 0 Å². The van der Waals surface area contributed by atoms with Crippen LogP contribution in [0.2, 0.25) is 0 Å². The highest BCUT2D eigenvalue weighted by Crippen LogP contribution is 2.45. The van der Waals surface area contributed by atoms with Gasteiger partial charge >= 0.3 is 11.9 Å². The van der Waals surface area contributed by atoms with Crippen LogP contribution < -0.4 is 0 Å². The van der Waals surface area contributed by atoms with Gasteiger partial charge in [0.1, 0.15) is 11.5 Å². The smallest absolute Gasteiger partial charge is 0.336 e. The van der Waals surface area contributed by atoms with Gasteiger partial charge in [-0.05, 0) is 61.1 Å². The fourth-order valence-electron chi connectivity index (χ4n) is 10.3. The number of carboxylic acid groups (broad SMARTS) is 2. The Kier molecular flexibility index (Phi) is 39.9. The summed E-state index contributed by atoms with van der Waals surface area (Å²) in [5.74, 6) is -2.20. The highest BCUT2D eigenvalue weighted by atomic mass is 32.2. The molecule has 0 unspecified atom stereocenters. The van der Waals surface area contributed by atoms with Gasteiger partial charge in [0.15, 0.2) is 0 Å². The van der Waals surface area contributed by atoms with Crippen LogP contribution in [-0.2, 0) is 12.8 Å². The van der Waals surface area contributed by atoms with E-state index in [0.29, 0.717) is 33.8 Å². The summed E-state index contributed by atoms with van der Waals surface area (Å²) in [4.78, 5) is 25.7. The van der Waals surface area contributed by atoms with Crippen molar-refractivity contribution in [3.05, 3.63) is 46.5 Å². The second kappa shape index (κ2) is 44.1. The second-order valence-corrected chi connectivity index (χ2v) is 22.0. The summed E-state index contributed by atoms with van der Waals surface area (Å²) < 4.78 is 0. The lowest BCUT2D eigenvalue weighted by atomic mass is 9.99. The molecule has 0 atom stereocenters. The van der Waals surface area contributed by atoms with Crippen LogP contribution >= 0.6 is 11.8 Å². The van der Waals surface area contributed by atoms with E-state index in [2.05, 4.69) is 13.8 Å². The number of hydrogen-bond acceptors (Lipinski definition) is 5. The predicted molar refractivity (Wildman–Crippen MR) is 296 cm³/mol. The number of aromatic hydroxyl groups is 2. The molecule has 0 saturated carbocycles. The molecule has 2 aromatic rings. The molecule has 2 rings (SSSR count). The third-order valence-electron chi connectivity index (χ3n) is 14.7. The molecule has 0 aliphatic rings. The summed E-state index contributed by atoms with van der Waals surface area (Å²) in [7, 11) is 0. The van der Waals surface area contributed by atoms with E-state index in [0.717, 1.165) is 50.3 Å². The number of carboxylic acids is 2. The van der Waals surface area contributed by atoms with E-state index in [-0.39, 0.29) is 22.6 Å². The Hall–Kier alpha value is -2.67. The van der Waals surface area contributed by atoms with Gasteiger partial charge in [-0.2, -0.15) is 0 Å². The Labute approximate surface area is 428 Å². The number of rotatable bonds is 50. The first-order valence-corrected chi connectivity index (χ1v) is 30.5. The minimum absolute atomic E-state index is 0.0470. The van der Waals surface area contributed by atoms with Crippen molar-refractivity contribution in [3.63, 3.8) is 0 Å². The lowest BCUT2D eigenvalue weighted by Gasteiger charge is -2.18. The minimum atomic E-state index is -1.05. The summed E-state index contributed by atoms with van der Waals surface area (Å²) in [6, 6.07) is 5.74. The van der Waals surface area contributed by atoms with Gasteiger partial charge in [-0.3, -0.25) is 0 Å². The molecule has 0 aromatic heterocycles. The zero-order chi connectivity index (χ0) is 49.8. The maximum absolute atomic E-state index is 12.4. The molecular formula is C62H106O6S. The van der Waals surface area contributed by atoms with Gasteiger partial charge in [-0.15, -0.1) is 0 Å². The SMILES string of the molecule is CCCCCCCCCCCCCCCCCCCCCCCCc1c(C(=O)O)ccc(O)c1Sc1c(O)ccc(C(=O)O)c1CCCCCCCCCCCCCCCCCCCCCCCC.